The number of halogens is 1. The Morgan fingerprint density at radius 3 is 2.75 bits per heavy atom. The molecule has 1 heterocycles. The highest BCUT2D eigenvalue weighted by atomic mass is 35.5. The second-order valence-corrected chi connectivity index (χ2v) is 3.45. The number of carbonyl (C=O) groups is 1. The zero-order chi connectivity index (χ0) is 12.3. The van der Waals surface area contributed by atoms with Gasteiger partial charge in [-0.3, -0.25) is 4.79 Å². The summed E-state index contributed by atoms with van der Waals surface area (Å²) in [6, 6.07) is 1.16. The molecule has 0 aromatic carbocycles. The highest BCUT2D eigenvalue weighted by Crippen LogP contribution is 2.16. The van der Waals surface area contributed by atoms with Crippen molar-refractivity contribution < 1.29 is 19.7 Å². The molecule has 0 spiro atoms. The first kappa shape index (κ1) is 12.7. The first-order valence-corrected chi connectivity index (χ1v) is 4.67. The number of H-pyrrole nitrogens is 1. The van der Waals surface area contributed by atoms with Gasteiger partial charge in [0.25, 0.3) is 5.56 Å². The van der Waals surface area contributed by atoms with Crippen molar-refractivity contribution in [2.45, 2.75) is 12.2 Å². The number of aromatic amines is 1. The van der Waals surface area contributed by atoms with Crippen molar-refractivity contribution >= 4 is 17.6 Å². The van der Waals surface area contributed by atoms with Crippen LogP contribution in [-0.4, -0.2) is 34.4 Å². The molecule has 1 aromatic heterocycles. The summed E-state index contributed by atoms with van der Waals surface area (Å²) in [6.07, 6.45) is -2.29. The first-order valence-electron chi connectivity index (χ1n) is 4.29. The van der Waals surface area contributed by atoms with Crippen molar-refractivity contribution in [1.82, 2.24) is 4.98 Å². The lowest BCUT2D eigenvalue weighted by Gasteiger charge is -2.15. The van der Waals surface area contributed by atoms with Crippen molar-refractivity contribution in [3.8, 4) is 0 Å². The Hall–Kier alpha value is -1.37. The number of hydrogen-bond donors (Lipinski definition) is 3. The van der Waals surface area contributed by atoms with Crippen LogP contribution >= 0.6 is 11.6 Å². The maximum absolute atomic E-state index is 11.3. The number of pyridine rings is 1. The third-order valence-corrected chi connectivity index (χ3v) is 2.18. The van der Waals surface area contributed by atoms with Crippen LogP contribution in [-0.2, 0) is 9.53 Å². The Bertz CT molecular complexity index is 444. The van der Waals surface area contributed by atoms with Crippen molar-refractivity contribution in [2.75, 3.05) is 7.11 Å². The Morgan fingerprint density at radius 2 is 2.19 bits per heavy atom. The van der Waals surface area contributed by atoms with Crippen LogP contribution in [0.15, 0.2) is 17.1 Å². The number of rotatable bonds is 3. The predicted octanol–water partition coefficient (Wildman–Crippen LogP) is -0.404. The van der Waals surface area contributed by atoms with Crippen molar-refractivity contribution in [1.29, 1.82) is 0 Å². The van der Waals surface area contributed by atoms with Crippen molar-refractivity contribution in [2.24, 2.45) is 0 Å². The lowest BCUT2D eigenvalue weighted by atomic mass is 10.1. The molecule has 0 radical (unpaired) electrons. The fourth-order valence-electron chi connectivity index (χ4n) is 1.11. The van der Waals surface area contributed by atoms with Gasteiger partial charge in [-0.25, -0.2) is 4.79 Å². The van der Waals surface area contributed by atoms with Crippen LogP contribution in [0.4, 0.5) is 0 Å². The molecule has 7 heteroatoms. The first-order chi connectivity index (χ1) is 7.47. The van der Waals surface area contributed by atoms with Gasteiger partial charge in [-0.15, -0.1) is 0 Å². The Kier molecular flexibility index (Phi) is 4.05. The molecule has 0 fully saturated rings. The van der Waals surface area contributed by atoms with Gasteiger partial charge in [-0.05, 0) is 6.07 Å². The van der Waals surface area contributed by atoms with Gasteiger partial charge in [0.2, 0.25) is 0 Å². The molecule has 88 valence electrons. The average Bonchev–Trinajstić information content (AvgIpc) is 2.29. The average molecular weight is 248 g/mol. The summed E-state index contributed by atoms with van der Waals surface area (Å²) < 4.78 is 4.23. The molecule has 0 aliphatic heterocycles. The summed E-state index contributed by atoms with van der Waals surface area (Å²) in [5.41, 5.74) is -0.842. The van der Waals surface area contributed by atoms with Crippen LogP contribution in [0.3, 0.4) is 0 Å². The van der Waals surface area contributed by atoms with E-state index in [1.54, 1.807) is 0 Å². The third-order valence-electron chi connectivity index (χ3n) is 1.96. The zero-order valence-electron chi connectivity index (χ0n) is 8.31. The summed E-state index contributed by atoms with van der Waals surface area (Å²) in [5.74, 6) is -1.04. The fraction of sp³-hybridized carbons (Fsp3) is 0.333. The molecule has 3 N–H and O–H groups in total. The van der Waals surface area contributed by atoms with E-state index < -0.39 is 23.7 Å². The molecular weight excluding hydrogens is 238 g/mol. The number of aliphatic hydroxyl groups is 2. The minimum atomic E-state index is -1.83. The smallest absolute Gasteiger partial charge is 0.337 e. The Labute approximate surface area is 95.4 Å². The molecule has 0 aliphatic rings. The quantitative estimate of drug-likeness (QED) is 0.631. The molecule has 6 nitrogen and oxygen atoms in total. The molecule has 0 amide bonds. The van der Waals surface area contributed by atoms with E-state index in [9.17, 15) is 19.8 Å². The van der Waals surface area contributed by atoms with Crippen LogP contribution in [0.2, 0.25) is 5.02 Å². The Morgan fingerprint density at radius 1 is 1.56 bits per heavy atom. The summed E-state index contributed by atoms with van der Waals surface area (Å²) in [6.45, 7) is 0. The lowest BCUT2D eigenvalue weighted by molar-refractivity contribution is -0.156. The van der Waals surface area contributed by atoms with Gasteiger partial charge < -0.3 is 19.9 Å². The van der Waals surface area contributed by atoms with Gasteiger partial charge in [0.1, 0.15) is 6.10 Å². The number of esters is 1. The van der Waals surface area contributed by atoms with Gasteiger partial charge >= 0.3 is 5.97 Å². The van der Waals surface area contributed by atoms with E-state index in [0.717, 1.165) is 13.2 Å². The second kappa shape index (κ2) is 5.11. The number of aromatic nitrogens is 1. The SMILES string of the molecule is COC(=O)C(O)C(O)c1cc(Cl)c[nH]c1=O. The second-order valence-electron chi connectivity index (χ2n) is 3.02. The summed E-state index contributed by atoms with van der Waals surface area (Å²) in [5, 5.41) is 19.1. The summed E-state index contributed by atoms with van der Waals surface area (Å²) >= 11 is 5.60. The highest BCUT2D eigenvalue weighted by molar-refractivity contribution is 6.30. The van der Waals surface area contributed by atoms with E-state index in [4.69, 9.17) is 11.6 Å². The van der Waals surface area contributed by atoms with Gasteiger partial charge in [0.05, 0.1) is 17.7 Å². The van der Waals surface area contributed by atoms with Gasteiger partial charge in [-0.1, -0.05) is 11.6 Å². The number of nitrogens with one attached hydrogen (secondary N) is 1. The van der Waals surface area contributed by atoms with E-state index in [-0.39, 0.29) is 10.6 Å². The molecule has 1 rings (SSSR count). The van der Waals surface area contributed by atoms with E-state index in [0.29, 0.717) is 0 Å². The molecule has 0 saturated heterocycles. The standard InChI is InChI=1S/C9H10ClNO5/c1-16-9(15)7(13)6(12)5-2-4(10)3-11-8(5)14/h2-3,6-7,12-13H,1H3,(H,11,14). The summed E-state index contributed by atoms with van der Waals surface area (Å²) in [4.78, 5) is 24.5. The molecular formula is C9H10ClNO5. The minimum absolute atomic E-state index is 0.172. The molecule has 0 bridgehead atoms. The van der Waals surface area contributed by atoms with Crippen molar-refractivity contribution in [3.63, 3.8) is 0 Å². The van der Waals surface area contributed by atoms with E-state index in [2.05, 4.69) is 9.72 Å². The van der Waals surface area contributed by atoms with E-state index in [1.165, 1.54) is 6.20 Å². The lowest BCUT2D eigenvalue weighted by Crippen LogP contribution is -2.32. The van der Waals surface area contributed by atoms with E-state index >= 15 is 0 Å². The number of carbonyl (C=O) groups excluding carboxylic acids is 1. The summed E-state index contributed by atoms with van der Waals surface area (Å²) in [7, 11) is 1.06. The van der Waals surface area contributed by atoms with Gasteiger partial charge in [0, 0.05) is 6.20 Å². The number of hydrogen-bond acceptors (Lipinski definition) is 5. The highest BCUT2D eigenvalue weighted by Gasteiger charge is 2.28. The number of aliphatic hydroxyl groups excluding tert-OH is 2. The molecule has 0 saturated carbocycles. The molecule has 0 aliphatic carbocycles. The minimum Gasteiger partial charge on any atom is -0.467 e. The molecule has 1 aromatic rings. The third kappa shape index (κ3) is 2.60. The van der Waals surface area contributed by atoms with Crippen molar-refractivity contribution in [3.05, 3.63) is 33.2 Å². The monoisotopic (exact) mass is 247 g/mol. The largest absolute Gasteiger partial charge is 0.467 e. The van der Waals surface area contributed by atoms with Crippen LogP contribution in [0, 0.1) is 0 Å². The Balaban J connectivity index is 3.04. The number of methoxy groups -OCH3 is 1. The van der Waals surface area contributed by atoms with E-state index in [1.807, 2.05) is 0 Å². The molecule has 16 heavy (non-hydrogen) atoms. The number of ether oxygens (including phenoxy) is 1. The van der Waals surface area contributed by atoms with Crippen LogP contribution in [0.1, 0.15) is 11.7 Å². The van der Waals surface area contributed by atoms with Crippen LogP contribution < -0.4 is 5.56 Å². The molecule has 2 unspecified atom stereocenters. The van der Waals surface area contributed by atoms with Gasteiger partial charge in [0.15, 0.2) is 6.10 Å². The topological polar surface area (TPSA) is 99.6 Å². The predicted molar refractivity (Wildman–Crippen MR) is 55.1 cm³/mol. The van der Waals surface area contributed by atoms with Gasteiger partial charge in [-0.2, -0.15) is 0 Å². The fourth-order valence-corrected chi connectivity index (χ4v) is 1.29. The maximum Gasteiger partial charge on any atom is 0.337 e. The van der Waals surface area contributed by atoms with Crippen LogP contribution in [0.5, 0.6) is 0 Å². The molecule has 2 atom stereocenters. The van der Waals surface area contributed by atoms with Crippen LogP contribution in [0.25, 0.3) is 0 Å². The maximum atomic E-state index is 11.3. The normalized spacial score (nSPS) is 14.2. The zero-order valence-corrected chi connectivity index (χ0v) is 9.06.